The third-order valence-electron chi connectivity index (χ3n) is 6.77. The van der Waals surface area contributed by atoms with Gasteiger partial charge in [0, 0.05) is 44.3 Å². The lowest BCUT2D eigenvalue weighted by molar-refractivity contribution is -0.282. The highest BCUT2D eigenvalue weighted by molar-refractivity contribution is 5.96. The van der Waals surface area contributed by atoms with Crippen LogP contribution in [0.15, 0.2) is 23.3 Å². The number of ether oxygens (including phenoxy) is 10. The van der Waals surface area contributed by atoms with E-state index in [0.29, 0.717) is 6.61 Å². The molecule has 1 aromatic carbocycles. The lowest BCUT2D eigenvalue weighted by Crippen LogP contribution is -2.64. The van der Waals surface area contributed by atoms with Gasteiger partial charge in [-0.1, -0.05) is 5.11 Å². The van der Waals surface area contributed by atoms with Crippen molar-refractivity contribution >= 4 is 35.8 Å². The van der Waals surface area contributed by atoms with E-state index in [-0.39, 0.29) is 57.4 Å². The molecular weight excluding hydrogens is 700 g/mol. The summed E-state index contributed by atoms with van der Waals surface area (Å²) in [6, 6.07) is 3.43. The third-order valence-corrected chi connectivity index (χ3v) is 6.77. The summed E-state index contributed by atoms with van der Waals surface area (Å²) in [5.74, 6) is -6.11. The van der Waals surface area contributed by atoms with Gasteiger partial charge in [-0.3, -0.25) is 24.0 Å². The van der Waals surface area contributed by atoms with Gasteiger partial charge in [0.05, 0.1) is 53.9 Å². The van der Waals surface area contributed by atoms with Gasteiger partial charge in [0.25, 0.3) is 5.91 Å². The van der Waals surface area contributed by atoms with Crippen LogP contribution in [0, 0.1) is 0 Å². The molecule has 0 spiro atoms. The highest BCUT2D eigenvalue weighted by atomic mass is 16.7. The fraction of sp³-hybridized carbons (Fsp3) is 0.613. The summed E-state index contributed by atoms with van der Waals surface area (Å²) in [6.07, 6.45) is -8.41. The summed E-state index contributed by atoms with van der Waals surface area (Å²) in [4.78, 5) is 77.9. The molecule has 21 nitrogen and oxygen atoms in total. The summed E-state index contributed by atoms with van der Waals surface area (Å²) in [6.45, 7) is 4.03. The van der Waals surface area contributed by atoms with Crippen LogP contribution in [0.25, 0.3) is 10.4 Å². The van der Waals surface area contributed by atoms with Gasteiger partial charge in [-0.2, -0.15) is 0 Å². The van der Waals surface area contributed by atoms with Crippen molar-refractivity contribution in [2.45, 2.75) is 51.5 Å². The van der Waals surface area contributed by atoms with Gasteiger partial charge in [-0.25, -0.2) is 4.79 Å². The number of esters is 5. The van der Waals surface area contributed by atoms with Crippen molar-refractivity contribution in [3.8, 4) is 11.5 Å². The first-order valence-corrected chi connectivity index (χ1v) is 15.7. The van der Waals surface area contributed by atoms with Gasteiger partial charge in [-0.15, -0.1) is 0 Å². The Morgan fingerprint density at radius 3 is 1.96 bits per heavy atom. The number of amides is 1. The van der Waals surface area contributed by atoms with Gasteiger partial charge in [-0.05, 0) is 23.7 Å². The first-order chi connectivity index (χ1) is 24.8. The van der Waals surface area contributed by atoms with E-state index in [0.717, 1.165) is 52.0 Å². The molecule has 0 aliphatic carbocycles. The number of carbonyl (C=O) groups excluding carboxylic acids is 6. The van der Waals surface area contributed by atoms with Crippen LogP contribution in [-0.4, -0.2) is 150 Å². The standard InChI is InChI=1S/C31H42N4O17/c1-18(36)48-25-26(49-19(2)37)28(50-20(3)38)31(52-27(25)30(42)44-5)51-23-7-6-21(16-22(23)39)29(41)35(17-24(40)43-4)9-11-46-13-15-47-14-12-45-10-8-33-34-32/h6-7,16,25-28,31,39H,8-15,17H2,1-5H3/t25-,26-,27-,28+,31+/m0/s1. The van der Waals surface area contributed by atoms with E-state index in [9.17, 15) is 33.9 Å². The highest BCUT2D eigenvalue weighted by Gasteiger charge is 2.56. The third kappa shape index (κ3) is 14.2. The van der Waals surface area contributed by atoms with Crippen molar-refractivity contribution in [2.75, 3.05) is 73.5 Å². The predicted molar refractivity (Wildman–Crippen MR) is 170 cm³/mol. The van der Waals surface area contributed by atoms with E-state index in [1.165, 1.54) is 6.07 Å². The highest BCUT2D eigenvalue weighted by Crippen LogP contribution is 2.34. The average Bonchev–Trinajstić information content (AvgIpc) is 3.09. The quantitative estimate of drug-likeness (QED) is 0.0447. The van der Waals surface area contributed by atoms with Crippen molar-refractivity contribution in [1.82, 2.24) is 4.90 Å². The van der Waals surface area contributed by atoms with Gasteiger partial charge < -0.3 is 57.4 Å². The maximum Gasteiger partial charge on any atom is 0.339 e. The average molecular weight is 743 g/mol. The Kier molecular flexibility index (Phi) is 18.6. The minimum atomic E-state index is -1.76. The topological polar surface area (TPSA) is 267 Å². The van der Waals surface area contributed by atoms with Crippen LogP contribution in [0.3, 0.4) is 0 Å². The normalized spacial score (nSPS) is 19.3. The Morgan fingerprint density at radius 2 is 1.40 bits per heavy atom. The second kappa shape index (κ2) is 22.6. The van der Waals surface area contributed by atoms with E-state index in [2.05, 4.69) is 10.0 Å². The number of hydrogen-bond donors (Lipinski definition) is 1. The van der Waals surface area contributed by atoms with Crippen LogP contribution in [0.4, 0.5) is 0 Å². The molecule has 0 aromatic heterocycles. The molecule has 1 aliphatic heterocycles. The van der Waals surface area contributed by atoms with Gasteiger partial charge in [0.1, 0.15) is 6.54 Å². The number of carbonyl (C=O) groups is 6. The second-order valence-corrected chi connectivity index (χ2v) is 10.6. The molecule has 1 aliphatic rings. The Hall–Kier alpha value is -5.21. The molecule has 0 bridgehead atoms. The number of benzene rings is 1. The number of nitrogens with zero attached hydrogens (tertiary/aromatic N) is 4. The van der Waals surface area contributed by atoms with Crippen molar-refractivity contribution in [1.29, 1.82) is 0 Å². The Labute approximate surface area is 297 Å². The van der Waals surface area contributed by atoms with Crippen LogP contribution < -0.4 is 4.74 Å². The van der Waals surface area contributed by atoms with E-state index in [1.807, 2.05) is 0 Å². The van der Waals surface area contributed by atoms with Crippen molar-refractivity contribution in [3.63, 3.8) is 0 Å². The molecule has 21 heteroatoms. The lowest BCUT2D eigenvalue weighted by Gasteiger charge is -2.43. The molecule has 52 heavy (non-hydrogen) atoms. The number of hydrogen-bond acceptors (Lipinski definition) is 18. The molecule has 1 heterocycles. The van der Waals surface area contributed by atoms with Gasteiger partial charge in [0.2, 0.25) is 12.4 Å². The fourth-order valence-electron chi connectivity index (χ4n) is 4.57. The number of aromatic hydroxyl groups is 1. The summed E-state index contributed by atoms with van der Waals surface area (Å²) in [5, 5.41) is 14.2. The van der Waals surface area contributed by atoms with Crippen molar-refractivity contribution in [2.24, 2.45) is 5.11 Å². The molecular formula is C31H42N4O17. The predicted octanol–water partition coefficient (Wildman–Crippen LogP) is 0.439. The van der Waals surface area contributed by atoms with E-state index >= 15 is 0 Å². The molecule has 1 saturated heterocycles. The van der Waals surface area contributed by atoms with Crippen LogP contribution in [0.1, 0.15) is 31.1 Å². The smallest absolute Gasteiger partial charge is 0.339 e. The summed E-state index contributed by atoms with van der Waals surface area (Å²) >= 11 is 0. The fourth-order valence-corrected chi connectivity index (χ4v) is 4.57. The van der Waals surface area contributed by atoms with Crippen LogP contribution in [0.2, 0.25) is 0 Å². The lowest BCUT2D eigenvalue weighted by atomic mass is 9.97. The maximum atomic E-state index is 13.4. The Balaban J connectivity index is 2.18. The molecule has 5 atom stereocenters. The number of phenolic OH excluding ortho intramolecular Hbond substituents is 1. The minimum absolute atomic E-state index is 0.0116. The van der Waals surface area contributed by atoms with Gasteiger partial charge in [0.15, 0.2) is 29.8 Å². The first-order valence-electron chi connectivity index (χ1n) is 15.7. The molecule has 1 fully saturated rings. The molecule has 0 radical (unpaired) electrons. The zero-order valence-electron chi connectivity index (χ0n) is 29.3. The SMILES string of the molecule is COC(=O)CN(CCOCCOCCOCCN=[N+]=[N-])C(=O)c1ccc(O[C@@H]2O[C@H](C(=O)OC)[C@@H](OC(C)=O)[C@H](OC(C)=O)[C@H]2OC(C)=O)c(O)c1. The van der Waals surface area contributed by atoms with E-state index < -0.39 is 78.8 Å². The molecule has 1 aromatic rings. The van der Waals surface area contributed by atoms with Crippen LogP contribution >= 0.6 is 0 Å². The number of methoxy groups -OCH3 is 2. The molecule has 2 rings (SSSR count). The molecule has 1 N–H and O–H groups in total. The summed E-state index contributed by atoms with van der Waals surface area (Å²) < 4.78 is 52.8. The molecule has 0 unspecified atom stereocenters. The van der Waals surface area contributed by atoms with Crippen molar-refractivity contribution < 1.29 is 81.2 Å². The monoisotopic (exact) mass is 742 g/mol. The van der Waals surface area contributed by atoms with E-state index in [1.54, 1.807) is 0 Å². The summed E-state index contributed by atoms with van der Waals surface area (Å²) in [5.41, 5.74) is 8.14. The second-order valence-electron chi connectivity index (χ2n) is 10.6. The minimum Gasteiger partial charge on any atom is -0.504 e. The first kappa shape index (κ1) is 43.0. The summed E-state index contributed by atoms with van der Waals surface area (Å²) in [7, 11) is 2.17. The largest absolute Gasteiger partial charge is 0.504 e. The van der Waals surface area contributed by atoms with Crippen molar-refractivity contribution in [3.05, 3.63) is 34.2 Å². The molecule has 1 amide bonds. The number of azide groups is 1. The Bertz CT molecular complexity index is 1440. The maximum absolute atomic E-state index is 13.4. The zero-order chi connectivity index (χ0) is 38.6. The zero-order valence-corrected chi connectivity index (χ0v) is 29.3. The molecule has 288 valence electrons. The van der Waals surface area contributed by atoms with Gasteiger partial charge >= 0.3 is 29.8 Å². The Morgan fingerprint density at radius 1 is 0.827 bits per heavy atom. The van der Waals surface area contributed by atoms with Crippen LogP contribution in [0.5, 0.6) is 11.5 Å². The van der Waals surface area contributed by atoms with Crippen LogP contribution in [-0.2, 0) is 66.6 Å². The molecule has 0 saturated carbocycles. The van der Waals surface area contributed by atoms with E-state index in [4.69, 9.17) is 52.9 Å². The number of phenols is 1. The number of rotatable bonds is 21.